The van der Waals surface area contributed by atoms with Gasteiger partial charge in [-0.3, -0.25) is 0 Å². The number of rotatable bonds is 8. The van der Waals surface area contributed by atoms with E-state index >= 15 is 0 Å². The average Bonchev–Trinajstić information content (AvgIpc) is 3.07. The maximum atomic E-state index is 12.3. The third kappa shape index (κ3) is 5.27. The van der Waals surface area contributed by atoms with Crippen LogP contribution in [-0.2, 0) is 0 Å². The van der Waals surface area contributed by atoms with Gasteiger partial charge in [0.1, 0.15) is 34.2 Å². The molecule has 1 N–H and O–H groups in total. The minimum absolute atomic E-state index is 0.303. The molecule has 0 aliphatic rings. The third-order valence-corrected chi connectivity index (χ3v) is 12.9. The zero-order valence-corrected chi connectivity index (χ0v) is 26.9. The van der Waals surface area contributed by atoms with Crippen molar-refractivity contribution < 1.29 is 5.11 Å². The van der Waals surface area contributed by atoms with Crippen LogP contribution in [0.3, 0.4) is 0 Å². The van der Waals surface area contributed by atoms with Crippen LogP contribution in [0.1, 0.15) is 50.7 Å². The zero-order chi connectivity index (χ0) is 30.7. The Kier molecular flexibility index (Phi) is 8.51. The van der Waals surface area contributed by atoms with E-state index in [0.29, 0.717) is 17.6 Å². The Bertz CT molecular complexity index is 1690. The van der Waals surface area contributed by atoms with Gasteiger partial charge in [-0.15, -0.1) is 0 Å². The number of hydrogen-bond acceptors (Lipinski definition) is 1. The summed E-state index contributed by atoms with van der Waals surface area (Å²) in [6.45, 7) is 8.90. The van der Waals surface area contributed by atoms with Crippen LogP contribution in [0.15, 0.2) is 152 Å². The molecule has 6 aromatic carbocycles. The Morgan fingerprint density at radius 3 is 1.05 bits per heavy atom. The van der Waals surface area contributed by atoms with Crippen molar-refractivity contribution in [2.45, 2.75) is 39.5 Å². The monoisotopic (exact) mass is 591 g/mol. The SMILES string of the molecule is CC(C)c1ccccc1-c1cc([P+](c2ccccc2)(c2ccccc2)c2ccccc2)cc(-c2ccccc2C(C)C)c1O. The first-order valence-electron chi connectivity index (χ1n) is 15.5. The molecule has 0 heterocycles. The molecule has 0 atom stereocenters. The Morgan fingerprint density at radius 1 is 0.386 bits per heavy atom. The molecule has 0 amide bonds. The minimum Gasteiger partial charge on any atom is -0.507 e. The van der Waals surface area contributed by atoms with E-state index in [1.807, 2.05) is 0 Å². The third-order valence-electron chi connectivity index (χ3n) is 8.66. The molecule has 0 aliphatic carbocycles. The largest absolute Gasteiger partial charge is 0.507 e. The smallest absolute Gasteiger partial charge is 0.144 e. The van der Waals surface area contributed by atoms with Crippen molar-refractivity contribution in [3.8, 4) is 28.0 Å². The number of aromatic hydroxyl groups is 1. The molecule has 0 saturated carbocycles. The molecule has 0 aromatic heterocycles. The molecular weight excluding hydrogens is 551 g/mol. The van der Waals surface area contributed by atoms with E-state index in [4.69, 9.17) is 0 Å². The second kappa shape index (κ2) is 12.7. The summed E-state index contributed by atoms with van der Waals surface area (Å²) in [4.78, 5) is 0. The number of hydrogen-bond donors (Lipinski definition) is 1. The van der Waals surface area contributed by atoms with Crippen molar-refractivity contribution in [1.29, 1.82) is 0 Å². The fraction of sp³-hybridized carbons (Fsp3) is 0.143. The minimum atomic E-state index is -2.41. The van der Waals surface area contributed by atoms with Crippen molar-refractivity contribution in [3.05, 3.63) is 163 Å². The van der Waals surface area contributed by atoms with Gasteiger partial charge in [0.05, 0.1) is 0 Å². The lowest BCUT2D eigenvalue weighted by Gasteiger charge is -2.29. The predicted octanol–water partition coefficient (Wildman–Crippen LogP) is 9.59. The molecule has 0 aliphatic heterocycles. The quantitative estimate of drug-likeness (QED) is 0.175. The number of phenolic OH excluding ortho intramolecular Hbond substituents is 1. The highest BCUT2D eigenvalue weighted by atomic mass is 31.2. The highest BCUT2D eigenvalue weighted by Gasteiger charge is 2.48. The van der Waals surface area contributed by atoms with Crippen molar-refractivity contribution >= 4 is 28.5 Å². The van der Waals surface area contributed by atoms with Crippen LogP contribution in [0.5, 0.6) is 5.75 Å². The molecule has 2 heteroatoms. The highest BCUT2D eigenvalue weighted by Crippen LogP contribution is 2.56. The van der Waals surface area contributed by atoms with E-state index in [2.05, 4.69) is 179 Å². The lowest BCUT2D eigenvalue weighted by atomic mass is 9.88. The van der Waals surface area contributed by atoms with E-state index in [9.17, 15) is 5.11 Å². The molecule has 218 valence electrons. The first kappa shape index (κ1) is 29.6. The van der Waals surface area contributed by atoms with Crippen molar-refractivity contribution in [2.24, 2.45) is 0 Å². The summed E-state index contributed by atoms with van der Waals surface area (Å²) in [5.74, 6) is 0.942. The van der Waals surface area contributed by atoms with Gasteiger partial charge in [-0.25, -0.2) is 0 Å². The van der Waals surface area contributed by atoms with Gasteiger partial charge < -0.3 is 5.11 Å². The van der Waals surface area contributed by atoms with Gasteiger partial charge in [0.15, 0.2) is 0 Å². The highest BCUT2D eigenvalue weighted by molar-refractivity contribution is 8.01. The second-order valence-electron chi connectivity index (χ2n) is 12.1. The van der Waals surface area contributed by atoms with E-state index in [1.54, 1.807) is 0 Å². The Morgan fingerprint density at radius 2 is 0.705 bits per heavy atom. The van der Waals surface area contributed by atoms with Gasteiger partial charge in [0.25, 0.3) is 0 Å². The van der Waals surface area contributed by atoms with Crippen molar-refractivity contribution in [2.75, 3.05) is 0 Å². The first-order valence-corrected chi connectivity index (χ1v) is 17.3. The molecule has 6 rings (SSSR count). The van der Waals surface area contributed by atoms with E-state index < -0.39 is 7.26 Å². The fourth-order valence-corrected chi connectivity index (χ4v) is 10.9. The van der Waals surface area contributed by atoms with Crippen LogP contribution < -0.4 is 21.2 Å². The normalized spacial score (nSPS) is 11.7. The second-order valence-corrected chi connectivity index (χ2v) is 15.5. The van der Waals surface area contributed by atoms with Crippen molar-refractivity contribution in [1.82, 2.24) is 0 Å². The Labute approximate surface area is 263 Å². The molecule has 0 unspecified atom stereocenters. The van der Waals surface area contributed by atoms with Gasteiger partial charge in [-0.05, 0) is 82.6 Å². The van der Waals surface area contributed by atoms with E-state index in [0.717, 1.165) is 22.3 Å². The predicted molar refractivity (Wildman–Crippen MR) is 192 cm³/mol. The van der Waals surface area contributed by atoms with Gasteiger partial charge in [0.2, 0.25) is 0 Å². The zero-order valence-electron chi connectivity index (χ0n) is 26.0. The Balaban J connectivity index is 1.81. The van der Waals surface area contributed by atoms with E-state index in [-0.39, 0.29) is 0 Å². The van der Waals surface area contributed by atoms with Crippen LogP contribution >= 0.6 is 7.26 Å². The Hall–Kier alpha value is -4.45. The summed E-state index contributed by atoms with van der Waals surface area (Å²) in [5.41, 5.74) is 6.38. The molecule has 1 nitrogen and oxygen atoms in total. The summed E-state index contributed by atoms with van der Waals surface area (Å²) in [6, 6.07) is 54.6. The van der Waals surface area contributed by atoms with Crippen LogP contribution in [0.25, 0.3) is 22.3 Å². The maximum absolute atomic E-state index is 12.3. The molecule has 44 heavy (non-hydrogen) atoms. The van der Waals surface area contributed by atoms with Crippen molar-refractivity contribution in [3.63, 3.8) is 0 Å². The maximum Gasteiger partial charge on any atom is 0.144 e. The first-order chi connectivity index (χ1) is 21.4. The van der Waals surface area contributed by atoms with Crippen LogP contribution in [-0.4, -0.2) is 5.11 Å². The van der Waals surface area contributed by atoms with Gasteiger partial charge in [-0.2, -0.15) is 0 Å². The van der Waals surface area contributed by atoms with Gasteiger partial charge in [-0.1, -0.05) is 131 Å². The van der Waals surface area contributed by atoms with Gasteiger partial charge in [0, 0.05) is 11.1 Å². The number of benzene rings is 6. The van der Waals surface area contributed by atoms with Crippen LogP contribution in [0.4, 0.5) is 0 Å². The topological polar surface area (TPSA) is 20.2 Å². The standard InChI is InChI=1S/C42H39OP/c1-30(2)36-24-14-16-26-38(36)40-28-35(29-41(42(40)43)39-27-17-15-25-37(39)31(3)4)44(32-18-8-5-9-19-32,33-20-10-6-11-21-33)34-22-12-7-13-23-34/h5-31H,1-4H3/p+1. The summed E-state index contributed by atoms with van der Waals surface area (Å²) < 4.78 is 0. The molecule has 0 radical (unpaired) electrons. The average molecular weight is 592 g/mol. The van der Waals surface area contributed by atoms with Crippen LogP contribution in [0.2, 0.25) is 0 Å². The van der Waals surface area contributed by atoms with Gasteiger partial charge >= 0.3 is 0 Å². The molecule has 0 fully saturated rings. The lowest BCUT2D eigenvalue weighted by molar-refractivity contribution is 0.479. The summed E-state index contributed by atoms with van der Waals surface area (Å²) in [5, 5.41) is 17.4. The molecule has 0 bridgehead atoms. The molecular formula is C42H40OP+. The van der Waals surface area contributed by atoms with E-state index in [1.165, 1.54) is 32.3 Å². The molecule has 6 aromatic rings. The number of phenols is 1. The molecule has 0 spiro atoms. The summed E-state index contributed by atoms with van der Waals surface area (Å²) in [7, 11) is -2.41. The summed E-state index contributed by atoms with van der Waals surface area (Å²) >= 11 is 0. The summed E-state index contributed by atoms with van der Waals surface area (Å²) in [6.07, 6.45) is 0. The van der Waals surface area contributed by atoms with Crippen LogP contribution in [0, 0.1) is 0 Å². The lowest BCUT2D eigenvalue weighted by Crippen LogP contribution is -2.38. The molecule has 0 saturated heterocycles. The fourth-order valence-electron chi connectivity index (χ4n) is 6.56.